The van der Waals surface area contributed by atoms with E-state index in [2.05, 4.69) is 14.7 Å². The van der Waals surface area contributed by atoms with Crippen molar-refractivity contribution in [3.8, 4) is 0 Å². The normalized spacial score (nSPS) is 11.4. The van der Waals surface area contributed by atoms with Gasteiger partial charge in [0, 0.05) is 23.2 Å². The van der Waals surface area contributed by atoms with Gasteiger partial charge in [0.2, 0.25) is 0 Å². The van der Waals surface area contributed by atoms with Crippen LogP contribution in [0.25, 0.3) is 10.8 Å². The largest absolute Gasteiger partial charge is 0.384 e. The Hall–Kier alpha value is -2.67. The molecule has 0 atom stereocenters. The molecule has 21 heavy (non-hydrogen) atoms. The molecule has 3 aromatic rings. The van der Waals surface area contributed by atoms with Gasteiger partial charge in [-0.1, -0.05) is 12.1 Å². The van der Waals surface area contributed by atoms with E-state index < -0.39 is 10.0 Å². The maximum Gasteiger partial charge on any atom is 0.262 e. The van der Waals surface area contributed by atoms with Gasteiger partial charge in [-0.25, -0.2) is 13.4 Å². The second-order valence-corrected chi connectivity index (χ2v) is 6.08. The standard InChI is InChI=1S/C14H12N4O2S/c15-14-5-4-11(9-17-14)18-21(19,20)13-3-1-2-10-8-16-7-6-12(10)13/h1-9,18H,(H2,15,17). The number of nitrogen functional groups attached to an aromatic ring is 1. The van der Waals surface area contributed by atoms with Crippen molar-refractivity contribution in [3.63, 3.8) is 0 Å². The van der Waals surface area contributed by atoms with Gasteiger partial charge < -0.3 is 5.73 Å². The third-order valence-corrected chi connectivity index (χ3v) is 4.41. The summed E-state index contributed by atoms with van der Waals surface area (Å²) in [6, 6.07) is 9.81. The Morgan fingerprint density at radius 2 is 1.90 bits per heavy atom. The van der Waals surface area contributed by atoms with Crippen molar-refractivity contribution < 1.29 is 8.42 Å². The number of hydrogen-bond donors (Lipinski definition) is 2. The molecule has 3 rings (SSSR count). The van der Waals surface area contributed by atoms with Gasteiger partial charge in [-0.2, -0.15) is 0 Å². The molecule has 0 amide bonds. The fourth-order valence-corrected chi connectivity index (χ4v) is 3.28. The molecule has 0 spiro atoms. The van der Waals surface area contributed by atoms with Crippen LogP contribution < -0.4 is 10.5 Å². The molecule has 0 aliphatic heterocycles. The summed E-state index contributed by atoms with van der Waals surface area (Å²) in [6.07, 6.45) is 4.56. The van der Waals surface area contributed by atoms with Gasteiger partial charge >= 0.3 is 0 Å². The highest BCUT2D eigenvalue weighted by molar-refractivity contribution is 7.93. The van der Waals surface area contributed by atoms with Gasteiger partial charge in [0.1, 0.15) is 5.82 Å². The van der Waals surface area contributed by atoms with E-state index in [1.54, 1.807) is 36.7 Å². The Morgan fingerprint density at radius 1 is 1.05 bits per heavy atom. The molecule has 7 heteroatoms. The summed E-state index contributed by atoms with van der Waals surface area (Å²) in [5, 5.41) is 1.37. The van der Waals surface area contributed by atoms with Crippen molar-refractivity contribution in [3.05, 3.63) is 55.0 Å². The van der Waals surface area contributed by atoms with Crippen LogP contribution in [0.2, 0.25) is 0 Å². The third kappa shape index (κ3) is 2.63. The molecule has 0 bridgehead atoms. The Morgan fingerprint density at radius 3 is 2.67 bits per heavy atom. The maximum atomic E-state index is 12.5. The predicted molar refractivity (Wildman–Crippen MR) is 81.2 cm³/mol. The van der Waals surface area contributed by atoms with E-state index in [0.29, 0.717) is 16.9 Å². The fourth-order valence-electron chi connectivity index (χ4n) is 2.00. The summed E-state index contributed by atoms with van der Waals surface area (Å²) in [4.78, 5) is 8.04. The monoisotopic (exact) mass is 300 g/mol. The van der Waals surface area contributed by atoms with E-state index in [1.165, 1.54) is 12.3 Å². The molecule has 0 unspecified atom stereocenters. The van der Waals surface area contributed by atoms with Crippen molar-refractivity contribution in [2.24, 2.45) is 0 Å². The molecular formula is C14H12N4O2S. The first-order chi connectivity index (χ1) is 10.1. The smallest absolute Gasteiger partial charge is 0.262 e. The number of aromatic nitrogens is 2. The summed E-state index contributed by atoms with van der Waals surface area (Å²) in [7, 11) is -3.71. The summed E-state index contributed by atoms with van der Waals surface area (Å²) >= 11 is 0. The number of nitrogens with two attached hydrogens (primary N) is 1. The number of sulfonamides is 1. The van der Waals surface area contributed by atoms with Crippen molar-refractivity contribution in [2.45, 2.75) is 4.90 Å². The lowest BCUT2D eigenvalue weighted by molar-refractivity contribution is 0.602. The lowest BCUT2D eigenvalue weighted by Gasteiger charge is -2.10. The van der Waals surface area contributed by atoms with E-state index in [1.807, 2.05) is 6.07 Å². The number of rotatable bonds is 3. The van der Waals surface area contributed by atoms with Gasteiger partial charge in [0.05, 0.1) is 16.8 Å². The van der Waals surface area contributed by atoms with Crippen LogP contribution in [0.1, 0.15) is 0 Å². The zero-order valence-corrected chi connectivity index (χ0v) is 11.7. The van der Waals surface area contributed by atoms with Gasteiger partial charge in [-0.05, 0) is 24.3 Å². The first-order valence-corrected chi connectivity index (χ1v) is 7.62. The number of hydrogen-bond acceptors (Lipinski definition) is 5. The molecule has 106 valence electrons. The van der Waals surface area contributed by atoms with Crippen LogP contribution in [0.5, 0.6) is 0 Å². The first kappa shape index (κ1) is 13.3. The molecule has 3 N–H and O–H groups in total. The average Bonchev–Trinajstić information content (AvgIpc) is 2.49. The van der Waals surface area contributed by atoms with E-state index in [9.17, 15) is 8.42 Å². The van der Waals surface area contributed by atoms with E-state index >= 15 is 0 Å². The van der Waals surface area contributed by atoms with Crippen LogP contribution in [0.4, 0.5) is 11.5 Å². The minimum absolute atomic E-state index is 0.194. The molecule has 0 radical (unpaired) electrons. The van der Waals surface area contributed by atoms with Gasteiger partial charge in [-0.15, -0.1) is 0 Å². The quantitative estimate of drug-likeness (QED) is 0.771. The molecule has 0 fully saturated rings. The van der Waals surface area contributed by atoms with Crippen LogP contribution in [-0.4, -0.2) is 18.4 Å². The average molecular weight is 300 g/mol. The van der Waals surface area contributed by atoms with E-state index in [4.69, 9.17) is 5.73 Å². The van der Waals surface area contributed by atoms with Crippen molar-refractivity contribution in [1.29, 1.82) is 0 Å². The van der Waals surface area contributed by atoms with Crippen molar-refractivity contribution in [2.75, 3.05) is 10.5 Å². The summed E-state index contributed by atoms with van der Waals surface area (Å²) in [5.74, 6) is 0.328. The molecule has 2 aromatic heterocycles. The fraction of sp³-hybridized carbons (Fsp3) is 0. The Bertz CT molecular complexity index is 887. The molecule has 0 saturated carbocycles. The van der Waals surface area contributed by atoms with Crippen LogP contribution in [0.15, 0.2) is 59.9 Å². The minimum atomic E-state index is -3.71. The second kappa shape index (κ2) is 5.02. The maximum absolute atomic E-state index is 12.5. The lowest BCUT2D eigenvalue weighted by Crippen LogP contribution is -2.13. The highest BCUT2D eigenvalue weighted by atomic mass is 32.2. The Labute approximate surface area is 121 Å². The van der Waals surface area contributed by atoms with Crippen LogP contribution >= 0.6 is 0 Å². The summed E-state index contributed by atoms with van der Waals surface area (Å²) in [6.45, 7) is 0. The van der Waals surface area contributed by atoms with Crippen molar-refractivity contribution in [1.82, 2.24) is 9.97 Å². The molecule has 1 aromatic carbocycles. The second-order valence-electron chi connectivity index (χ2n) is 4.43. The Kier molecular flexibility index (Phi) is 3.19. The highest BCUT2D eigenvalue weighted by Crippen LogP contribution is 2.24. The summed E-state index contributed by atoms with van der Waals surface area (Å²) in [5.41, 5.74) is 5.84. The van der Waals surface area contributed by atoms with Gasteiger partial charge in [0.15, 0.2) is 0 Å². The molecule has 0 saturated heterocycles. The zero-order valence-electron chi connectivity index (χ0n) is 10.9. The number of benzene rings is 1. The molecule has 0 aliphatic rings. The SMILES string of the molecule is Nc1ccc(NS(=O)(=O)c2cccc3cnccc23)cn1. The number of fused-ring (bicyclic) bond motifs is 1. The van der Waals surface area contributed by atoms with Crippen LogP contribution in [0, 0.1) is 0 Å². The number of nitrogens with zero attached hydrogens (tertiary/aromatic N) is 2. The van der Waals surface area contributed by atoms with Gasteiger partial charge in [-0.3, -0.25) is 9.71 Å². The lowest BCUT2D eigenvalue weighted by atomic mass is 10.2. The number of anilines is 2. The van der Waals surface area contributed by atoms with Crippen LogP contribution in [0.3, 0.4) is 0 Å². The van der Waals surface area contributed by atoms with E-state index in [-0.39, 0.29) is 4.90 Å². The number of pyridine rings is 2. The number of nitrogens with one attached hydrogen (secondary N) is 1. The summed E-state index contributed by atoms with van der Waals surface area (Å²) < 4.78 is 27.5. The van der Waals surface area contributed by atoms with Gasteiger partial charge in [0.25, 0.3) is 10.0 Å². The molecule has 6 nitrogen and oxygen atoms in total. The predicted octanol–water partition coefficient (Wildman–Crippen LogP) is 2.01. The first-order valence-electron chi connectivity index (χ1n) is 6.13. The zero-order chi connectivity index (χ0) is 14.9. The molecular weight excluding hydrogens is 288 g/mol. The Balaban J connectivity index is 2.06. The van der Waals surface area contributed by atoms with E-state index in [0.717, 1.165) is 5.39 Å². The highest BCUT2D eigenvalue weighted by Gasteiger charge is 2.17. The topological polar surface area (TPSA) is 98.0 Å². The third-order valence-electron chi connectivity index (χ3n) is 2.97. The van der Waals surface area contributed by atoms with Crippen LogP contribution in [-0.2, 0) is 10.0 Å². The molecule has 2 heterocycles. The minimum Gasteiger partial charge on any atom is -0.384 e. The van der Waals surface area contributed by atoms with Crippen molar-refractivity contribution >= 4 is 32.3 Å². The molecule has 0 aliphatic carbocycles.